The number of nitrogens with one attached hydrogen (secondary N) is 1. The number of rotatable bonds is 8. The van der Waals surface area contributed by atoms with E-state index in [1.54, 1.807) is 18.4 Å². The summed E-state index contributed by atoms with van der Waals surface area (Å²) in [6.45, 7) is 2.21. The lowest BCUT2D eigenvalue weighted by Gasteiger charge is -2.13. The fourth-order valence-corrected chi connectivity index (χ4v) is 3.10. The van der Waals surface area contributed by atoms with Crippen molar-refractivity contribution >= 4 is 11.3 Å². The highest BCUT2D eigenvalue weighted by Gasteiger charge is 2.06. The van der Waals surface area contributed by atoms with Gasteiger partial charge in [0.15, 0.2) is 11.5 Å². The predicted octanol–water partition coefficient (Wildman–Crippen LogP) is 4.63. The van der Waals surface area contributed by atoms with E-state index in [0.29, 0.717) is 6.61 Å². The average molecular weight is 339 g/mol. The molecule has 3 nitrogen and oxygen atoms in total. The summed E-state index contributed by atoms with van der Waals surface area (Å²) in [7, 11) is 1.67. The van der Waals surface area contributed by atoms with Crippen LogP contribution in [0.3, 0.4) is 0 Å². The van der Waals surface area contributed by atoms with E-state index in [9.17, 15) is 0 Å². The molecule has 0 bridgehead atoms. The molecule has 0 aliphatic carbocycles. The van der Waals surface area contributed by atoms with Crippen molar-refractivity contribution < 1.29 is 9.47 Å². The second kappa shape index (κ2) is 8.52. The van der Waals surface area contributed by atoms with E-state index in [4.69, 9.17) is 9.47 Å². The molecule has 124 valence electrons. The molecule has 3 rings (SSSR count). The number of ether oxygens (including phenoxy) is 2. The standard InChI is InChI=1S/C20H21NO2S/c1-22-19-10-9-17(13-21-14-18-8-5-11-24-18)12-20(19)23-15-16-6-3-2-4-7-16/h2-12,21H,13-15H2,1H3. The SMILES string of the molecule is COc1ccc(CNCc2cccs2)cc1OCc1ccccc1. The van der Waals surface area contributed by atoms with Gasteiger partial charge in [0.1, 0.15) is 6.61 Å². The molecule has 0 unspecified atom stereocenters. The van der Waals surface area contributed by atoms with Crippen LogP contribution in [-0.4, -0.2) is 7.11 Å². The van der Waals surface area contributed by atoms with Crippen LogP contribution in [0.1, 0.15) is 16.0 Å². The van der Waals surface area contributed by atoms with E-state index >= 15 is 0 Å². The Labute approximate surface area is 146 Å². The van der Waals surface area contributed by atoms with Gasteiger partial charge in [0, 0.05) is 18.0 Å². The molecule has 1 heterocycles. The number of methoxy groups -OCH3 is 1. The zero-order valence-electron chi connectivity index (χ0n) is 13.7. The van der Waals surface area contributed by atoms with E-state index in [-0.39, 0.29) is 0 Å². The summed E-state index contributed by atoms with van der Waals surface area (Å²) in [6.07, 6.45) is 0. The van der Waals surface area contributed by atoms with Gasteiger partial charge in [-0.1, -0.05) is 42.5 Å². The predicted molar refractivity (Wildman–Crippen MR) is 98.6 cm³/mol. The van der Waals surface area contributed by atoms with Gasteiger partial charge in [0.2, 0.25) is 0 Å². The Kier molecular flexibility index (Phi) is 5.88. The molecular weight excluding hydrogens is 318 g/mol. The summed E-state index contributed by atoms with van der Waals surface area (Å²) in [6, 6.07) is 20.4. The zero-order valence-corrected chi connectivity index (χ0v) is 14.5. The van der Waals surface area contributed by atoms with Crippen LogP contribution in [-0.2, 0) is 19.7 Å². The summed E-state index contributed by atoms with van der Waals surface area (Å²) in [5.74, 6) is 1.53. The van der Waals surface area contributed by atoms with Crippen LogP contribution in [0, 0.1) is 0 Å². The van der Waals surface area contributed by atoms with Crippen LogP contribution >= 0.6 is 11.3 Å². The molecule has 0 saturated carbocycles. The van der Waals surface area contributed by atoms with Crippen molar-refractivity contribution in [2.75, 3.05) is 7.11 Å². The maximum atomic E-state index is 5.96. The summed E-state index contributed by atoms with van der Waals surface area (Å²) >= 11 is 1.77. The molecule has 24 heavy (non-hydrogen) atoms. The van der Waals surface area contributed by atoms with E-state index in [2.05, 4.69) is 41.0 Å². The highest BCUT2D eigenvalue weighted by Crippen LogP contribution is 2.29. The highest BCUT2D eigenvalue weighted by atomic mass is 32.1. The van der Waals surface area contributed by atoms with Gasteiger partial charge >= 0.3 is 0 Å². The molecule has 0 aliphatic rings. The second-order valence-electron chi connectivity index (χ2n) is 5.44. The van der Waals surface area contributed by atoms with Gasteiger partial charge in [-0.2, -0.15) is 0 Å². The zero-order chi connectivity index (χ0) is 16.6. The summed E-state index contributed by atoms with van der Waals surface area (Å²) in [5, 5.41) is 5.55. The van der Waals surface area contributed by atoms with Crippen molar-refractivity contribution in [1.29, 1.82) is 0 Å². The van der Waals surface area contributed by atoms with Gasteiger partial charge in [-0.25, -0.2) is 0 Å². The average Bonchev–Trinajstić information content (AvgIpc) is 3.14. The maximum Gasteiger partial charge on any atom is 0.161 e. The van der Waals surface area contributed by atoms with E-state index in [1.807, 2.05) is 30.3 Å². The van der Waals surface area contributed by atoms with Crippen molar-refractivity contribution in [2.45, 2.75) is 19.7 Å². The third-order valence-electron chi connectivity index (χ3n) is 3.67. The first-order chi connectivity index (χ1) is 11.8. The molecule has 3 aromatic rings. The second-order valence-corrected chi connectivity index (χ2v) is 6.47. The molecule has 0 fully saturated rings. The Morgan fingerprint density at radius 2 is 1.75 bits per heavy atom. The third kappa shape index (κ3) is 4.60. The first kappa shape index (κ1) is 16.6. The largest absolute Gasteiger partial charge is 0.493 e. The topological polar surface area (TPSA) is 30.5 Å². The fourth-order valence-electron chi connectivity index (χ4n) is 2.42. The molecule has 0 saturated heterocycles. The van der Waals surface area contributed by atoms with Crippen molar-refractivity contribution in [3.05, 3.63) is 82.0 Å². The Morgan fingerprint density at radius 1 is 0.875 bits per heavy atom. The summed E-state index contributed by atoms with van der Waals surface area (Å²) in [5.41, 5.74) is 2.32. The minimum atomic E-state index is 0.531. The molecule has 0 amide bonds. The lowest BCUT2D eigenvalue weighted by Crippen LogP contribution is -2.11. The van der Waals surface area contributed by atoms with Crippen molar-refractivity contribution in [1.82, 2.24) is 5.32 Å². The normalized spacial score (nSPS) is 10.5. The summed E-state index contributed by atoms with van der Waals surface area (Å²) in [4.78, 5) is 1.34. The lowest BCUT2D eigenvalue weighted by atomic mass is 10.2. The van der Waals surface area contributed by atoms with Crippen LogP contribution in [0.15, 0.2) is 66.0 Å². The monoisotopic (exact) mass is 339 g/mol. The summed E-state index contributed by atoms with van der Waals surface area (Å²) < 4.78 is 11.4. The van der Waals surface area contributed by atoms with E-state index < -0.39 is 0 Å². The van der Waals surface area contributed by atoms with Crippen molar-refractivity contribution in [3.8, 4) is 11.5 Å². The molecular formula is C20H21NO2S. The molecule has 0 aliphatic heterocycles. The molecule has 0 radical (unpaired) electrons. The van der Waals surface area contributed by atoms with E-state index in [0.717, 1.165) is 30.2 Å². The van der Waals surface area contributed by atoms with Crippen LogP contribution < -0.4 is 14.8 Å². The van der Waals surface area contributed by atoms with Crippen molar-refractivity contribution in [3.63, 3.8) is 0 Å². The van der Waals surface area contributed by atoms with Crippen LogP contribution in [0.25, 0.3) is 0 Å². The minimum Gasteiger partial charge on any atom is -0.493 e. The number of hydrogen-bond donors (Lipinski definition) is 1. The third-order valence-corrected chi connectivity index (χ3v) is 4.55. The first-order valence-corrected chi connectivity index (χ1v) is 8.80. The Balaban J connectivity index is 1.61. The van der Waals surface area contributed by atoms with E-state index in [1.165, 1.54) is 10.4 Å². The number of thiophene rings is 1. The molecule has 1 aromatic heterocycles. The Hall–Kier alpha value is -2.30. The van der Waals surface area contributed by atoms with Gasteiger partial charge in [-0.05, 0) is 34.7 Å². The lowest BCUT2D eigenvalue weighted by molar-refractivity contribution is 0.284. The van der Waals surface area contributed by atoms with Gasteiger partial charge in [0.05, 0.1) is 7.11 Å². The molecule has 4 heteroatoms. The minimum absolute atomic E-state index is 0.531. The molecule has 0 atom stereocenters. The van der Waals surface area contributed by atoms with Crippen LogP contribution in [0.2, 0.25) is 0 Å². The molecule has 2 aromatic carbocycles. The van der Waals surface area contributed by atoms with Crippen LogP contribution in [0.4, 0.5) is 0 Å². The Bertz CT molecular complexity index is 742. The van der Waals surface area contributed by atoms with Gasteiger partial charge in [-0.3, -0.25) is 0 Å². The molecule has 1 N–H and O–H groups in total. The molecule has 0 spiro atoms. The van der Waals surface area contributed by atoms with Gasteiger partial charge < -0.3 is 14.8 Å². The highest BCUT2D eigenvalue weighted by molar-refractivity contribution is 7.09. The van der Waals surface area contributed by atoms with Gasteiger partial charge in [0.25, 0.3) is 0 Å². The number of benzene rings is 2. The number of hydrogen-bond acceptors (Lipinski definition) is 4. The maximum absolute atomic E-state index is 5.96. The Morgan fingerprint density at radius 3 is 2.50 bits per heavy atom. The van der Waals surface area contributed by atoms with Crippen LogP contribution in [0.5, 0.6) is 11.5 Å². The van der Waals surface area contributed by atoms with Gasteiger partial charge in [-0.15, -0.1) is 11.3 Å². The quantitative estimate of drug-likeness (QED) is 0.649. The fraction of sp³-hybridized carbons (Fsp3) is 0.200. The van der Waals surface area contributed by atoms with Crippen molar-refractivity contribution in [2.24, 2.45) is 0 Å². The first-order valence-electron chi connectivity index (χ1n) is 7.92. The smallest absolute Gasteiger partial charge is 0.161 e.